The van der Waals surface area contributed by atoms with E-state index in [1.165, 1.54) is 28.0 Å². The SMILES string of the molecule is CC(C)CCOc1cccc(C2/C(=C(/O)c3ccc4c(c3)OCCO4)C(=O)C(=O)N2c2nnc(SCc3ccccc3)s2)c1. The number of ketones is 1. The van der Waals surface area contributed by atoms with E-state index in [4.69, 9.17) is 14.2 Å². The topological polar surface area (TPSA) is 111 Å². The number of carbonyl (C=O) groups excluding carboxylic acids is 2. The quantitative estimate of drug-likeness (QED) is 0.0677. The van der Waals surface area contributed by atoms with E-state index in [9.17, 15) is 14.7 Å². The van der Waals surface area contributed by atoms with Crippen molar-refractivity contribution < 1.29 is 28.9 Å². The Labute approximate surface area is 263 Å². The van der Waals surface area contributed by atoms with Crippen LogP contribution in [0, 0.1) is 5.92 Å². The molecule has 11 heteroatoms. The average molecular weight is 630 g/mol. The lowest BCUT2D eigenvalue weighted by molar-refractivity contribution is -0.132. The molecule has 44 heavy (non-hydrogen) atoms. The Kier molecular flexibility index (Phi) is 8.85. The molecule has 0 radical (unpaired) electrons. The van der Waals surface area contributed by atoms with Crippen molar-refractivity contribution in [1.82, 2.24) is 10.2 Å². The van der Waals surface area contributed by atoms with Gasteiger partial charge in [-0.2, -0.15) is 0 Å². The molecule has 3 aromatic carbocycles. The number of anilines is 1. The summed E-state index contributed by atoms with van der Waals surface area (Å²) in [6.07, 6.45) is 0.876. The second kappa shape index (κ2) is 13.1. The van der Waals surface area contributed by atoms with Crippen LogP contribution in [0.1, 0.15) is 43.0 Å². The van der Waals surface area contributed by atoms with E-state index in [1.54, 1.807) is 24.3 Å². The van der Waals surface area contributed by atoms with E-state index in [2.05, 4.69) is 24.0 Å². The summed E-state index contributed by atoms with van der Waals surface area (Å²) >= 11 is 2.72. The highest BCUT2D eigenvalue weighted by Crippen LogP contribution is 2.45. The number of aliphatic hydroxyl groups is 1. The minimum Gasteiger partial charge on any atom is -0.507 e. The zero-order valence-corrected chi connectivity index (χ0v) is 25.9. The summed E-state index contributed by atoms with van der Waals surface area (Å²) in [4.78, 5) is 28.7. The number of benzene rings is 3. The largest absolute Gasteiger partial charge is 0.507 e. The summed E-state index contributed by atoms with van der Waals surface area (Å²) in [7, 11) is 0. The van der Waals surface area contributed by atoms with Gasteiger partial charge in [-0.25, -0.2) is 0 Å². The van der Waals surface area contributed by atoms with Gasteiger partial charge in [0.2, 0.25) is 5.13 Å². The summed E-state index contributed by atoms with van der Waals surface area (Å²) in [5.74, 6) is 0.825. The van der Waals surface area contributed by atoms with Crippen LogP contribution in [0.4, 0.5) is 5.13 Å². The van der Waals surface area contributed by atoms with Gasteiger partial charge >= 0.3 is 5.91 Å². The highest BCUT2D eigenvalue weighted by Gasteiger charge is 2.48. The second-order valence-electron chi connectivity index (χ2n) is 10.8. The van der Waals surface area contributed by atoms with Crippen LogP contribution in [0.25, 0.3) is 5.76 Å². The number of carbonyl (C=O) groups is 2. The minimum atomic E-state index is -0.961. The first kappa shape index (κ1) is 29.7. The van der Waals surface area contributed by atoms with Crippen LogP contribution in [0.3, 0.4) is 0 Å². The van der Waals surface area contributed by atoms with Crippen LogP contribution in [-0.4, -0.2) is 46.8 Å². The lowest BCUT2D eigenvalue weighted by Gasteiger charge is -2.23. The number of fused-ring (bicyclic) bond motifs is 1. The highest BCUT2D eigenvalue weighted by atomic mass is 32.2. The number of nitrogens with zero attached hydrogens (tertiary/aromatic N) is 3. The molecule has 4 aromatic rings. The van der Waals surface area contributed by atoms with Crippen LogP contribution in [-0.2, 0) is 15.3 Å². The maximum Gasteiger partial charge on any atom is 0.301 e. The van der Waals surface area contributed by atoms with Crippen LogP contribution in [0.5, 0.6) is 17.2 Å². The molecule has 0 bridgehead atoms. The van der Waals surface area contributed by atoms with Gasteiger partial charge in [0.1, 0.15) is 24.7 Å². The lowest BCUT2D eigenvalue weighted by atomic mass is 9.95. The standard InChI is InChI=1S/C33H31N3O6S2/c1-20(2)13-14-40-24-10-6-9-22(17-24)28-27(29(37)23-11-12-25-26(18-23)42-16-15-41-25)30(38)31(39)36(28)32-34-35-33(44-32)43-19-21-7-4-3-5-8-21/h3-12,17-18,20,28,37H,13-16,19H2,1-2H3/b29-27-. The van der Waals surface area contributed by atoms with Crippen LogP contribution < -0.4 is 19.1 Å². The van der Waals surface area contributed by atoms with Crippen LogP contribution in [0.2, 0.25) is 0 Å². The van der Waals surface area contributed by atoms with Gasteiger partial charge in [-0.05, 0) is 53.8 Å². The third-order valence-corrected chi connectivity index (χ3v) is 9.33. The Morgan fingerprint density at radius 2 is 1.82 bits per heavy atom. The molecule has 9 nitrogen and oxygen atoms in total. The number of aromatic nitrogens is 2. The Hall–Kier alpha value is -4.35. The van der Waals surface area contributed by atoms with Gasteiger partial charge < -0.3 is 19.3 Å². The predicted molar refractivity (Wildman–Crippen MR) is 170 cm³/mol. The first-order chi connectivity index (χ1) is 21.4. The van der Waals surface area contributed by atoms with Crippen molar-refractivity contribution in [1.29, 1.82) is 0 Å². The lowest BCUT2D eigenvalue weighted by Crippen LogP contribution is -2.29. The Morgan fingerprint density at radius 1 is 1.02 bits per heavy atom. The predicted octanol–water partition coefficient (Wildman–Crippen LogP) is 6.65. The van der Waals surface area contributed by atoms with Gasteiger partial charge in [0.15, 0.2) is 15.8 Å². The third kappa shape index (κ3) is 6.29. The van der Waals surface area contributed by atoms with Crippen molar-refractivity contribution in [2.24, 2.45) is 5.92 Å². The number of Topliss-reactive ketones (excluding diaryl/α,β-unsaturated/α-hetero) is 1. The number of amides is 1. The zero-order chi connectivity index (χ0) is 30.6. The van der Waals surface area contributed by atoms with E-state index in [-0.39, 0.29) is 16.5 Å². The fraction of sp³-hybridized carbons (Fsp3) is 0.273. The molecule has 0 aliphatic carbocycles. The van der Waals surface area contributed by atoms with E-state index in [1.807, 2.05) is 48.5 Å². The molecule has 1 fully saturated rings. The van der Waals surface area contributed by atoms with Crippen molar-refractivity contribution in [3.63, 3.8) is 0 Å². The van der Waals surface area contributed by atoms with Crippen molar-refractivity contribution in [2.45, 2.75) is 36.4 Å². The fourth-order valence-corrected chi connectivity index (χ4v) is 6.78. The monoisotopic (exact) mass is 629 g/mol. The summed E-state index contributed by atoms with van der Waals surface area (Å²) < 4.78 is 18.0. The molecule has 2 aliphatic heterocycles. The molecule has 0 spiro atoms. The number of ether oxygens (including phenoxy) is 3. The molecule has 1 aromatic heterocycles. The Morgan fingerprint density at radius 3 is 2.61 bits per heavy atom. The van der Waals surface area contributed by atoms with E-state index in [0.717, 1.165) is 12.0 Å². The maximum absolute atomic E-state index is 13.7. The van der Waals surface area contributed by atoms with Crippen molar-refractivity contribution in [2.75, 3.05) is 24.7 Å². The van der Waals surface area contributed by atoms with Gasteiger partial charge in [-0.3, -0.25) is 14.5 Å². The summed E-state index contributed by atoms with van der Waals surface area (Å²) in [6.45, 7) is 5.56. The van der Waals surface area contributed by atoms with E-state index < -0.39 is 17.7 Å². The van der Waals surface area contributed by atoms with Crippen molar-refractivity contribution in [3.05, 3.63) is 95.1 Å². The second-order valence-corrected chi connectivity index (χ2v) is 12.9. The molecule has 1 amide bonds. The first-order valence-corrected chi connectivity index (χ1v) is 16.1. The van der Waals surface area contributed by atoms with Gasteiger partial charge in [-0.15, -0.1) is 10.2 Å². The smallest absolute Gasteiger partial charge is 0.301 e. The van der Waals surface area contributed by atoms with Crippen molar-refractivity contribution >= 4 is 45.7 Å². The minimum absolute atomic E-state index is 0.0558. The van der Waals surface area contributed by atoms with Crippen molar-refractivity contribution in [3.8, 4) is 17.2 Å². The first-order valence-electron chi connectivity index (χ1n) is 14.3. The van der Waals surface area contributed by atoms with Gasteiger partial charge in [0, 0.05) is 11.3 Å². The number of thioether (sulfide) groups is 1. The third-order valence-electron chi connectivity index (χ3n) is 7.20. The molecule has 0 saturated carbocycles. The number of hydrogen-bond donors (Lipinski definition) is 1. The van der Waals surface area contributed by atoms with Crippen LogP contribution in [0.15, 0.2) is 82.7 Å². The van der Waals surface area contributed by atoms with E-state index in [0.29, 0.717) is 64.2 Å². The molecule has 1 unspecified atom stereocenters. The molecule has 1 N–H and O–H groups in total. The van der Waals surface area contributed by atoms with E-state index >= 15 is 0 Å². The summed E-state index contributed by atoms with van der Waals surface area (Å²) in [6, 6.07) is 21.2. The van der Waals surface area contributed by atoms with Gasteiger partial charge in [0.05, 0.1) is 18.2 Å². The summed E-state index contributed by atoms with van der Waals surface area (Å²) in [5.41, 5.74) is 2.00. The number of rotatable bonds is 10. The van der Waals surface area contributed by atoms with Crippen LogP contribution >= 0.6 is 23.1 Å². The molecule has 1 atom stereocenters. The van der Waals surface area contributed by atoms with Gasteiger partial charge in [-0.1, -0.05) is 79.4 Å². The summed E-state index contributed by atoms with van der Waals surface area (Å²) in [5, 5.41) is 20.5. The highest BCUT2D eigenvalue weighted by molar-refractivity contribution is 8.00. The average Bonchev–Trinajstić information content (AvgIpc) is 3.61. The fourth-order valence-electron chi connectivity index (χ4n) is 4.96. The number of aliphatic hydroxyl groups excluding tert-OH is 1. The number of hydrogen-bond acceptors (Lipinski definition) is 10. The molecule has 6 rings (SSSR count). The maximum atomic E-state index is 13.7. The van der Waals surface area contributed by atoms with Gasteiger partial charge in [0.25, 0.3) is 5.78 Å². The molecular formula is C33H31N3O6S2. The Balaban J connectivity index is 1.39. The molecular weight excluding hydrogens is 599 g/mol. The molecule has 1 saturated heterocycles. The molecule has 226 valence electrons. The Bertz CT molecular complexity index is 1700. The molecule has 3 heterocycles. The normalized spacial score (nSPS) is 17.3. The molecule has 2 aliphatic rings. The zero-order valence-electron chi connectivity index (χ0n) is 24.3.